The van der Waals surface area contributed by atoms with Gasteiger partial charge >= 0.3 is 0 Å². The minimum atomic E-state index is 0.0512. The number of anilines is 1. The molecule has 2 saturated carbocycles. The van der Waals surface area contributed by atoms with Crippen molar-refractivity contribution >= 4 is 17.4 Å². The van der Waals surface area contributed by atoms with E-state index in [-0.39, 0.29) is 11.7 Å². The van der Waals surface area contributed by atoms with Crippen molar-refractivity contribution in [3.63, 3.8) is 0 Å². The van der Waals surface area contributed by atoms with Crippen LogP contribution in [0, 0.1) is 5.92 Å². The van der Waals surface area contributed by atoms with Crippen LogP contribution in [-0.2, 0) is 4.79 Å². The topological polar surface area (TPSA) is 52.7 Å². The van der Waals surface area contributed by atoms with Gasteiger partial charge in [-0.2, -0.15) is 0 Å². The van der Waals surface area contributed by atoms with Gasteiger partial charge in [0.15, 0.2) is 5.78 Å². The lowest BCUT2D eigenvalue weighted by atomic mass is 9.85. The molecule has 0 bridgehead atoms. The van der Waals surface area contributed by atoms with Crippen molar-refractivity contribution in [3.8, 4) is 0 Å². The molecule has 2 aromatic carbocycles. The molecule has 3 aliphatic rings. The summed E-state index contributed by atoms with van der Waals surface area (Å²) in [5, 5.41) is 3.62. The van der Waals surface area contributed by atoms with E-state index in [0.717, 1.165) is 63.6 Å². The van der Waals surface area contributed by atoms with Crippen LogP contribution in [0.2, 0.25) is 0 Å². The van der Waals surface area contributed by atoms with Crippen LogP contribution in [-0.4, -0.2) is 59.8 Å². The maximum Gasteiger partial charge on any atom is 0.225 e. The highest BCUT2D eigenvalue weighted by Crippen LogP contribution is 2.30. The molecule has 2 aliphatic carbocycles. The largest absolute Gasteiger partial charge is 0.382 e. The molecule has 1 aliphatic heterocycles. The fraction of sp³-hybridized carbons (Fsp3) is 0.517. The number of piperazine rings is 1. The Morgan fingerprint density at radius 3 is 1.97 bits per heavy atom. The highest BCUT2D eigenvalue weighted by Gasteiger charge is 2.33. The van der Waals surface area contributed by atoms with E-state index in [1.54, 1.807) is 0 Å². The first-order valence-corrected chi connectivity index (χ1v) is 13.2. The van der Waals surface area contributed by atoms with E-state index < -0.39 is 0 Å². The minimum Gasteiger partial charge on any atom is -0.382 e. The average Bonchev–Trinajstić information content (AvgIpc) is 3.45. The molecule has 5 rings (SSSR count). The first-order valence-electron chi connectivity index (χ1n) is 13.2. The monoisotopic (exact) mass is 459 g/mol. The van der Waals surface area contributed by atoms with Gasteiger partial charge in [0.25, 0.3) is 0 Å². The molecule has 0 aromatic heterocycles. The van der Waals surface area contributed by atoms with Gasteiger partial charge in [0.2, 0.25) is 5.91 Å². The van der Waals surface area contributed by atoms with Crippen LogP contribution in [0.5, 0.6) is 0 Å². The average molecular weight is 460 g/mol. The lowest BCUT2D eigenvalue weighted by molar-refractivity contribution is -0.138. The van der Waals surface area contributed by atoms with Crippen LogP contribution >= 0.6 is 0 Å². The molecule has 0 spiro atoms. The van der Waals surface area contributed by atoms with Crippen molar-refractivity contribution in [2.45, 2.75) is 63.5 Å². The number of hydrogen-bond donors (Lipinski definition) is 1. The van der Waals surface area contributed by atoms with E-state index in [1.165, 1.54) is 25.7 Å². The second kappa shape index (κ2) is 10.7. The number of nitrogens with one attached hydrogen (secondary N) is 1. The lowest BCUT2D eigenvalue weighted by Gasteiger charge is -2.40. The van der Waals surface area contributed by atoms with Gasteiger partial charge in [-0.15, -0.1) is 0 Å². The van der Waals surface area contributed by atoms with Gasteiger partial charge in [-0.1, -0.05) is 43.2 Å². The molecule has 1 N–H and O–H groups in total. The lowest BCUT2D eigenvalue weighted by Crippen LogP contribution is -2.53. The van der Waals surface area contributed by atoms with Crippen molar-refractivity contribution < 1.29 is 9.59 Å². The van der Waals surface area contributed by atoms with Crippen molar-refractivity contribution in [2.75, 3.05) is 31.5 Å². The maximum atomic E-state index is 13.1. The first kappa shape index (κ1) is 23.1. The predicted octanol–water partition coefficient (Wildman–Crippen LogP) is 4.98. The number of nitrogens with zero attached hydrogens (tertiary/aromatic N) is 2. The molecule has 0 atom stereocenters. The smallest absolute Gasteiger partial charge is 0.225 e. The molecular weight excluding hydrogens is 422 g/mol. The number of ketones is 1. The summed E-state index contributed by atoms with van der Waals surface area (Å²) in [5.41, 5.74) is 2.47. The van der Waals surface area contributed by atoms with Gasteiger partial charge in [0, 0.05) is 61.0 Å². The van der Waals surface area contributed by atoms with Gasteiger partial charge in [0.05, 0.1) is 0 Å². The highest BCUT2D eigenvalue weighted by atomic mass is 16.2. The Morgan fingerprint density at radius 2 is 1.32 bits per heavy atom. The molecule has 34 heavy (non-hydrogen) atoms. The highest BCUT2D eigenvalue weighted by molar-refractivity contribution is 6.09. The quantitative estimate of drug-likeness (QED) is 0.620. The number of benzene rings is 2. The normalized spacial score (nSPS) is 24.2. The summed E-state index contributed by atoms with van der Waals surface area (Å²) >= 11 is 0. The van der Waals surface area contributed by atoms with E-state index in [9.17, 15) is 9.59 Å². The van der Waals surface area contributed by atoms with Gasteiger partial charge in [-0.05, 0) is 62.8 Å². The third-order valence-corrected chi connectivity index (χ3v) is 8.10. The zero-order valence-electron chi connectivity index (χ0n) is 20.1. The molecule has 180 valence electrons. The van der Waals surface area contributed by atoms with Crippen LogP contribution in [0.25, 0.3) is 0 Å². The summed E-state index contributed by atoms with van der Waals surface area (Å²) in [6, 6.07) is 18.4. The maximum absolute atomic E-state index is 13.1. The van der Waals surface area contributed by atoms with Gasteiger partial charge in [0.1, 0.15) is 0 Å². The molecule has 1 heterocycles. The van der Waals surface area contributed by atoms with Crippen molar-refractivity contribution in [2.24, 2.45) is 5.92 Å². The minimum absolute atomic E-state index is 0.0512. The number of carbonyl (C=O) groups excluding carboxylic acids is 2. The Morgan fingerprint density at radius 1 is 0.706 bits per heavy atom. The Hall–Kier alpha value is -2.66. The molecule has 0 radical (unpaired) electrons. The Kier molecular flexibility index (Phi) is 7.29. The van der Waals surface area contributed by atoms with Crippen LogP contribution in [0.4, 0.5) is 5.69 Å². The van der Waals surface area contributed by atoms with Gasteiger partial charge < -0.3 is 10.2 Å². The third kappa shape index (κ3) is 5.35. The Balaban J connectivity index is 1.07. The molecular formula is C29H37N3O2. The second-order valence-electron chi connectivity index (χ2n) is 10.3. The Bertz CT molecular complexity index is 953. The summed E-state index contributed by atoms with van der Waals surface area (Å²) in [6.45, 7) is 3.91. The van der Waals surface area contributed by atoms with Crippen LogP contribution in [0.15, 0.2) is 54.6 Å². The summed E-state index contributed by atoms with van der Waals surface area (Å²) in [6.07, 6.45) is 9.39. The molecule has 5 heteroatoms. The SMILES string of the molecule is O=C(c1ccccc1)c1ccc(NC2CCC(C(=O)N3CCN(C4CCCC4)CC3)CC2)cc1. The standard InChI is InChI=1S/C29H37N3O2/c33-28(22-6-2-1-3-7-22)23-10-14-25(15-11-23)30-26-16-12-24(13-17-26)29(34)32-20-18-31(19-21-32)27-8-4-5-9-27/h1-3,6-7,10-11,14-15,24,26-27,30H,4-5,8-9,12-13,16-21H2. The van der Waals surface area contributed by atoms with E-state index >= 15 is 0 Å². The fourth-order valence-electron chi connectivity index (χ4n) is 6.03. The summed E-state index contributed by atoms with van der Waals surface area (Å²) in [4.78, 5) is 30.5. The molecule has 2 aromatic rings. The van der Waals surface area contributed by atoms with E-state index in [4.69, 9.17) is 0 Å². The van der Waals surface area contributed by atoms with E-state index in [2.05, 4.69) is 15.1 Å². The zero-order chi connectivity index (χ0) is 23.3. The number of hydrogen-bond acceptors (Lipinski definition) is 4. The van der Waals surface area contributed by atoms with Crippen molar-refractivity contribution in [1.29, 1.82) is 0 Å². The third-order valence-electron chi connectivity index (χ3n) is 8.10. The van der Waals surface area contributed by atoms with Crippen LogP contribution in [0.3, 0.4) is 0 Å². The van der Waals surface area contributed by atoms with E-state index in [0.29, 0.717) is 23.1 Å². The number of rotatable bonds is 6. The summed E-state index contributed by atoms with van der Waals surface area (Å²) in [5.74, 6) is 0.616. The zero-order valence-corrected chi connectivity index (χ0v) is 20.1. The van der Waals surface area contributed by atoms with Crippen LogP contribution in [0.1, 0.15) is 67.3 Å². The van der Waals surface area contributed by atoms with Crippen LogP contribution < -0.4 is 5.32 Å². The predicted molar refractivity (Wildman–Crippen MR) is 136 cm³/mol. The van der Waals surface area contributed by atoms with Gasteiger partial charge in [-0.3, -0.25) is 14.5 Å². The van der Waals surface area contributed by atoms with Gasteiger partial charge in [-0.25, -0.2) is 0 Å². The Labute approximate surface area is 203 Å². The molecule has 1 saturated heterocycles. The van der Waals surface area contributed by atoms with Crippen molar-refractivity contribution in [3.05, 3.63) is 65.7 Å². The molecule has 5 nitrogen and oxygen atoms in total. The molecule has 3 fully saturated rings. The number of carbonyl (C=O) groups is 2. The summed E-state index contributed by atoms with van der Waals surface area (Å²) < 4.78 is 0. The fourth-order valence-corrected chi connectivity index (χ4v) is 6.03. The van der Waals surface area contributed by atoms with E-state index in [1.807, 2.05) is 54.6 Å². The summed E-state index contributed by atoms with van der Waals surface area (Å²) in [7, 11) is 0. The van der Waals surface area contributed by atoms with Crippen molar-refractivity contribution in [1.82, 2.24) is 9.80 Å². The number of amides is 1. The first-order chi connectivity index (χ1) is 16.7. The molecule has 0 unspecified atom stereocenters. The second-order valence-corrected chi connectivity index (χ2v) is 10.3. The molecule has 1 amide bonds.